The van der Waals surface area contributed by atoms with Gasteiger partial charge in [-0.2, -0.15) is 5.10 Å². The van der Waals surface area contributed by atoms with Gasteiger partial charge in [0.1, 0.15) is 11.5 Å². The van der Waals surface area contributed by atoms with Crippen molar-refractivity contribution < 1.29 is 14.0 Å². The first-order chi connectivity index (χ1) is 11.5. The van der Waals surface area contributed by atoms with E-state index in [1.54, 1.807) is 12.3 Å². The number of aromatic nitrogens is 1. The third kappa shape index (κ3) is 3.83. The van der Waals surface area contributed by atoms with Crippen LogP contribution in [-0.4, -0.2) is 34.6 Å². The molecule has 0 fully saturated rings. The molecule has 0 atom stereocenters. The summed E-state index contributed by atoms with van der Waals surface area (Å²) in [5.74, 6) is -0.751. The number of anilines is 1. The van der Waals surface area contributed by atoms with Crippen molar-refractivity contribution in [3.8, 4) is 0 Å². The first kappa shape index (κ1) is 16.3. The van der Waals surface area contributed by atoms with Gasteiger partial charge in [0.2, 0.25) is 5.91 Å². The summed E-state index contributed by atoms with van der Waals surface area (Å²) in [6.07, 6.45) is 2.79. The predicted molar refractivity (Wildman–Crippen MR) is 89.4 cm³/mol. The number of carbonyl (C=O) groups is 2. The number of rotatable bonds is 4. The number of hydrogen-bond acceptors (Lipinski definition) is 5. The lowest BCUT2D eigenvalue weighted by Crippen LogP contribution is -2.34. The lowest BCUT2D eigenvalue weighted by atomic mass is 10.1. The molecule has 1 aromatic heterocycles. The normalized spacial score (nSPS) is 14.5. The summed E-state index contributed by atoms with van der Waals surface area (Å²) >= 11 is 1.33. The van der Waals surface area contributed by atoms with Crippen LogP contribution in [-0.2, 0) is 16.0 Å². The minimum absolute atomic E-state index is 0.113. The minimum atomic E-state index is -0.360. The van der Waals surface area contributed by atoms with Crippen LogP contribution in [0.5, 0.6) is 0 Å². The van der Waals surface area contributed by atoms with Crippen LogP contribution < -0.4 is 5.32 Å². The highest BCUT2D eigenvalue weighted by Gasteiger charge is 2.22. The third-order valence-electron chi connectivity index (χ3n) is 3.51. The highest BCUT2D eigenvalue weighted by Crippen LogP contribution is 2.22. The van der Waals surface area contributed by atoms with Gasteiger partial charge in [-0.05, 0) is 17.7 Å². The Morgan fingerprint density at radius 2 is 2.25 bits per heavy atom. The topological polar surface area (TPSA) is 74.7 Å². The van der Waals surface area contributed by atoms with E-state index in [4.69, 9.17) is 0 Å². The molecule has 6 nitrogen and oxygen atoms in total. The zero-order valence-corrected chi connectivity index (χ0v) is 13.8. The largest absolute Gasteiger partial charge is 0.297 e. The van der Waals surface area contributed by atoms with Crippen LogP contribution in [0.1, 0.15) is 23.3 Å². The van der Waals surface area contributed by atoms with Crippen LogP contribution in [0, 0.1) is 5.82 Å². The number of nitrogens with one attached hydrogen (secondary N) is 1. The molecule has 0 radical (unpaired) electrons. The number of thiazole rings is 1. The van der Waals surface area contributed by atoms with Crippen molar-refractivity contribution in [2.75, 3.05) is 12.4 Å². The van der Waals surface area contributed by atoms with Crippen LogP contribution in [0.3, 0.4) is 0 Å². The van der Waals surface area contributed by atoms with E-state index >= 15 is 0 Å². The molecule has 3 rings (SSSR count). The van der Waals surface area contributed by atoms with Crippen molar-refractivity contribution in [3.05, 3.63) is 46.7 Å². The fourth-order valence-electron chi connectivity index (χ4n) is 2.30. The molecule has 1 aliphatic rings. The van der Waals surface area contributed by atoms with Crippen molar-refractivity contribution in [1.82, 2.24) is 9.99 Å². The van der Waals surface area contributed by atoms with Crippen LogP contribution >= 0.6 is 11.3 Å². The summed E-state index contributed by atoms with van der Waals surface area (Å²) in [6.45, 7) is 0. The first-order valence-electron chi connectivity index (χ1n) is 7.36. The van der Waals surface area contributed by atoms with Crippen molar-refractivity contribution in [2.45, 2.75) is 19.3 Å². The molecule has 0 spiro atoms. The van der Waals surface area contributed by atoms with Gasteiger partial charge in [-0.25, -0.2) is 14.4 Å². The van der Waals surface area contributed by atoms with Gasteiger partial charge in [-0.3, -0.25) is 14.9 Å². The molecule has 8 heteroatoms. The van der Waals surface area contributed by atoms with Gasteiger partial charge in [-0.1, -0.05) is 12.1 Å². The van der Waals surface area contributed by atoms with E-state index < -0.39 is 0 Å². The van der Waals surface area contributed by atoms with E-state index in [2.05, 4.69) is 15.4 Å². The molecule has 124 valence electrons. The standard InChI is InChI=1S/C16H15FN4O2S/c1-21-14(22)6-5-13(20-21)15(23)19-16-18-9-12(24-16)8-10-3-2-4-11(17)7-10/h2-4,7,9H,5-6,8H2,1H3,(H,18,19,23). The Kier molecular flexibility index (Phi) is 4.66. The molecule has 2 heterocycles. The van der Waals surface area contributed by atoms with E-state index in [9.17, 15) is 14.0 Å². The maximum Gasteiger partial charge on any atom is 0.273 e. The van der Waals surface area contributed by atoms with Gasteiger partial charge in [0, 0.05) is 37.4 Å². The quantitative estimate of drug-likeness (QED) is 0.924. The summed E-state index contributed by atoms with van der Waals surface area (Å²) in [7, 11) is 1.52. The lowest BCUT2D eigenvalue weighted by molar-refractivity contribution is -0.130. The molecule has 0 saturated heterocycles. The second-order valence-corrected chi connectivity index (χ2v) is 6.47. The van der Waals surface area contributed by atoms with Crippen molar-refractivity contribution >= 4 is 34.0 Å². The van der Waals surface area contributed by atoms with E-state index in [0.717, 1.165) is 10.4 Å². The number of hydrogen-bond donors (Lipinski definition) is 1. The van der Waals surface area contributed by atoms with E-state index in [1.807, 2.05) is 6.07 Å². The van der Waals surface area contributed by atoms with Gasteiger partial charge >= 0.3 is 0 Å². The summed E-state index contributed by atoms with van der Waals surface area (Å²) in [6, 6.07) is 6.37. The number of hydrazone groups is 1. The van der Waals surface area contributed by atoms with Gasteiger partial charge < -0.3 is 0 Å². The molecular formula is C16H15FN4O2S. The molecule has 2 aromatic rings. The zero-order valence-electron chi connectivity index (χ0n) is 13.0. The second-order valence-electron chi connectivity index (χ2n) is 5.36. The Labute approximate surface area is 142 Å². The second kappa shape index (κ2) is 6.88. The Hall–Kier alpha value is -2.61. The fourth-order valence-corrected chi connectivity index (χ4v) is 3.14. The summed E-state index contributed by atoms with van der Waals surface area (Å²) in [5, 5.41) is 8.29. The van der Waals surface area contributed by atoms with Gasteiger partial charge in [0.25, 0.3) is 5.91 Å². The van der Waals surface area contributed by atoms with Crippen LogP contribution in [0.25, 0.3) is 0 Å². The first-order valence-corrected chi connectivity index (χ1v) is 8.17. The van der Waals surface area contributed by atoms with Gasteiger partial charge in [0.05, 0.1) is 0 Å². The van der Waals surface area contributed by atoms with Gasteiger partial charge in [0.15, 0.2) is 5.13 Å². The van der Waals surface area contributed by atoms with E-state index in [0.29, 0.717) is 23.7 Å². The Balaban J connectivity index is 1.65. The highest BCUT2D eigenvalue weighted by atomic mass is 32.1. The average molecular weight is 346 g/mol. The molecule has 2 amide bonds. The average Bonchev–Trinajstić information content (AvgIpc) is 2.97. The maximum atomic E-state index is 13.2. The van der Waals surface area contributed by atoms with Crippen LogP contribution in [0.4, 0.5) is 9.52 Å². The molecule has 0 saturated carbocycles. The van der Waals surface area contributed by atoms with Crippen molar-refractivity contribution in [2.24, 2.45) is 5.10 Å². The molecule has 24 heavy (non-hydrogen) atoms. The number of amides is 2. The number of benzene rings is 1. The monoisotopic (exact) mass is 346 g/mol. The number of halogens is 1. The zero-order chi connectivity index (χ0) is 17.1. The maximum absolute atomic E-state index is 13.2. The van der Waals surface area contributed by atoms with Crippen LogP contribution in [0.2, 0.25) is 0 Å². The minimum Gasteiger partial charge on any atom is -0.297 e. The van der Waals surface area contributed by atoms with E-state index in [-0.39, 0.29) is 24.1 Å². The lowest BCUT2D eigenvalue weighted by Gasteiger charge is -2.18. The number of carbonyl (C=O) groups excluding carboxylic acids is 2. The molecule has 0 bridgehead atoms. The Morgan fingerprint density at radius 1 is 1.42 bits per heavy atom. The smallest absolute Gasteiger partial charge is 0.273 e. The fraction of sp³-hybridized carbons (Fsp3) is 0.250. The molecule has 0 unspecified atom stereocenters. The summed E-state index contributed by atoms with van der Waals surface area (Å²) in [4.78, 5) is 28.6. The molecule has 0 aliphatic carbocycles. The summed E-state index contributed by atoms with van der Waals surface area (Å²) in [5.41, 5.74) is 1.15. The number of nitrogens with zero attached hydrogens (tertiary/aromatic N) is 3. The Bertz CT molecular complexity index is 818. The summed E-state index contributed by atoms with van der Waals surface area (Å²) < 4.78 is 13.2. The van der Waals surface area contributed by atoms with E-state index in [1.165, 1.54) is 35.5 Å². The predicted octanol–water partition coefficient (Wildman–Crippen LogP) is 2.42. The molecular weight excluding hydrogens is 331 g/mol. The molecule has 1 aromatic carbocycles. The third-order valence-corrected chi connectivity index (χ3v) is 4.42. The SMILES string of the molecule is CN1N=C(C(=O)Nc2ncc(Cc3cccc(F)c3)s2)CCC1=O. The highest BCUT2D eigenvalue weighted by molar-refractivity contribution is 7.15. The van der Waals surface area contributed by atoms with Crippen molar-refractivity contribution in [3.63, 3.8) is 0 Å². The molecule has 1 N–H and O–H groups in total. The Morgan fingerprint density at radius 3 is 3.00 bits per heavy atom. The van der Waals surface area contributed by atoms with Gasteiger partial charge in [-0.15, -0.1) is 11.3 Å². The van der Waals surface area contributed by atoms with Crippen LogP contribution in [0.15, 0.2) is 35.6 Å². The van der Waals surface area contributed by atoms with Crippen molar-refractivity contribution in [1.29, 1.82) is 0 Å². The molecule has 1 aliphatic heterocycles.